The number of hydrogen-bond donors (Lipinski definition) is 1. The van der Waals surface area contributed by atoms with E-state index in [9.17, 15) is 9.59 Å². The molecule has 124 valence electrons. The maximum atomic E-state index is 13.0. The van der Waals surface area contributed by atoms with Crippen LogP contribution in [0.3, 0.4) is 0 Å². The average molecular weight is 324 g/mol. The summed E-state index contributed by atoms with van der Waals surface area (Å²) in [6, 6.07) is 10.9. The number of hydrogen-bond acceptors (Lipinski definition) is 3. The smallest absolute Gasteiger partial charge is 0.354 e. The molecule has 0 unspecified atom stereocenters. The van der Waals surface area contributed by atoms with Gasteiger partial charge in [0.05, 0.1) is 0 Å². The van der Waals surface area contributed by atoms with E-state index in [2.05, 4.69) is 24.9 Å². The van der Waals surface area contributed by atoms with Crippen LogP contribution in [0.4, 0.5) is 5.69 Å². The van der Waals surface area contributed by atoms with Gasteiger partial charge < -0.3 is 10.0 Å². The van der Waals surface area contributed by atoms with Gasteiger partial charge in [-0.2, -0.15) is 0 Å². The van der Waals surface area contributed by atoms with Crippen LogP contribution in [-0.2, 0) is 5.41 Å². The Kier molecular flexibility index (Phi) is 4.09. The first-order valence-corrected chi connectivity index (χ1v) is 8.13. The lowest BCUT2D eigenvalue weighted by Crippen LogP contribution is -2.36. The number of para-hydroxylation sites is 1. The van der Waals surface area contributed by atoms with E-state index in [1.54, 1.807) is 11.0 Å². The lowest BCUT2D eigenvalue weighted by atomic mass is 9.78. The van der Waals surface area contributed by atoms with E-state index in [0.29, 0.717) is 12.1 Å². The van der Waals surface area contributed by atoms with E-state index in [0.717, 1.165) is 18.5 Å². The number of carbonyl (C=O) groups excluding carboxylic acids is 1. The molecule has 3 rings (SSSR count). The van der Waals surface area contributed by atoms with Gasteiger partial charge in [0, 0.05) is 29.4 Å². The molecule has 2 aromatic rings. The molecule has 24 heavy (non-hydrogen) atoms. The van der Waals surface area contributed by atoms with Crippen LogP contribution in [0.25, 0.3) is 0 Å². The number of nitrogens with zero attached hydrogens (tertiary/aromatic N) is 2. The zero-order valence-electron chi connectivity index (χ0n) is 13.8. The fraction of sp³-hybridized carbons (Fsp3) is 0.316. The second kappa shape index (κ2) is 6.07. The molecule has 0 saturated heterocycles. The number of benzene rings is 1. The van der Waals surface area contributed by atoms with Crippen LogP contribution < -0.4 is 4.90 Å². The molecule has 0 radical (unpaired) electrons. The van der Waals surface area contributed by atoms with Crippen molar-refractivity contribution in [3.63, 3.8) is 0 Å². The molecule has 1 N–H and O–H groups in total. The largest absolute Gasteiger partial charge is 0.477 e. The van der Waals surface area contributed by atoms with Gasteiger partial charge in [-0.05, 0) is 36.6 Å². The van der Waals surface area contributed by atoms with Crippen LogP contribution in [0.5, 0.6) is 0 Å². The second-order valence-corrected chi connectivity index (χ2v) is 6.13. The SMILES string of the molecule is CCC1(CC)CN(C(=O)c2ccnc(C(=O)O)c2)c2ccccc21. The summed E-state index contributed by atoms with van der Waals surface area (Å²) in [6.07, 6.45) is 3.26. The van der Waals surface area contributed by atoms with Crippen molar-refractivity contribution in [2.75, 3.05) is 11.4 Å². The van der Waals surface area contributed by atoms with Gasteiger partial charge in [0.25, 0.3) is 5.91 Å². The Bertz CT molecular complexity index is 797. The Morgan fingerprint density at radius 3 is 2.58 bits per heavy atom. The monoisotopic (exact) mass is 324 g/mol. The fourth-order valence-electron chi connectivity index (χ4n) is 3.50. The highest BCUT2D eigenvalue weighted by atomic mass is 16.4. The van der Waals surface area contributed by atoms with E-state index in [4.69, 9.17) is 5.11 Å². The number of amides is 1. The maximum absolute atomic E-state index is 13.0. The van der Waals surface area contributed by atoms with E-state index < -0.39 is 5.97 Å². The lowest BCUT2D eigenvalue weighted by molar-refractivity contribution is 0.0690. The minimum absolute atomic E-state index is 0.0467. The quantitative estimate of drug-likeness (QED) is 0.934. The Labute approximate surface area is 140 Å². The molecule has 1 aliphatic rings. The molecule has 1 aromatic carbocycles. The van der Waals surface area contributed by atoms with E-state index in [1.807, 2.05) is 18.2 Å². The van der Waals surface area contributed by atoms with Crippen molar-refractivity contribution in [3.05, 3.63) is 59.4 Å². The minimum atomic E-state index is -1.14. The molecule has 0 spiro atoms. The first kappa shape index (κ1) is 16.2. The Morgan fingerprint density at radius 1 is 1.21 bits per heavy atom. The van der Waals surface area contributed by atoms with Gasteiger partial charge in [0.15, 0.2) is 0 Å². The summed E-state index contributed by atoms with van der Waals surface area (Å²) >= 11 is 0. The molecule has 5 nitrogen and oxygen atoms in total. The van der Waals surface area contributed by atoms with Crippen molar-refractivity contribution in [1.82, 2.24) is 4.98 Å². The third-order valence-corrected chi connectivity index (χ3v) is 5.05. The van der Waals surface area contributed by atoms with E-state index in [1.165, 1.54) is 17.8 Å². The lowest BCUT2D eigenvalue weighted by Gasteiger charge is -2.27. The highest BCUT2D eigenvalue weighted by Gasteiger charge is 2.42. The summed E-state index contributed by atoms with van der Waals surface area (Å²) in [5.41, 5.74) is 2.29. The molecule has 1 aromatic heterocycles. The Hall–Kier alpha value is -2.69. The van der Waals surface area contributed by atoms with Gasteiger partial charge in [0.2, 0.25) is 0 Å². The maximum Gasteiger partial charge on any atom is 0.354 e. The summed E-state index contributed by atoms with van der Waals surface area (Å²) in [6.45, 7) is 4.90. The van der Waals surface area contributed by atoms with Crippen molar-refractivity contribution in [3.8, 4) is 0 Å². The normalized spacial score (nSPS) is 15.2. The summed E-state index contributed by atoms with van der Waals surface area (Å²) in [4.78, 5) is 29.7. The third-order valence-electron chi connectivity index (χ3n) is 5.05. The number of carbonyl (C=O) groups is 2. The molecule has 0 saturated carbocycles. The van der Waals surface area contributed by atoms with E-state index >= 15 is 0 Å². The predicted octanol–water partition coefficient (Wildman–Crippen LogP) is 3.50. The molecule has 0 aliphatic carbocycles. The molecule has 0 bridgehead atoms. The number of pyridine rings is 1. The van der Waals surface area contributed by atoms with Gasteiger partial charge in [0.1, 0.15) is 5.69 Å². The highest BCUT2D eigenvalue weighted by Crippen LogP contribution is 2.45. The molecule has 0 fully saturated rings. The van der Waals surface area contributed by atoms with Crippen molar-refractivity contribution >= 4 is 17.6 Å². The molecule has 2 heterocycles. The molecule has 5 heteroatoms. The van der Waals surface area contributed by atoms with Crippen molar-refractivity contribution in [1.29, 1.82) is 0 Å². The van der Waals surface area contributed by atoms with Crippen molar-refractivity contribution in [2.24, 2.45) is 0 Å². The number of aromatic nitrogens is 1. The summed E-state index contributed by atoms with van der Waals surface area (Å²) < 4.78 is 0. The number of rotatable bonds is 4. The number of carboxylic acid groups (broad SMARTS) is 1. The molecular weight excluding hydrogens is 304 g/mol. The first-order chi connectivity index (χ1) is 11.5. The molecule has 1 aliphatic heterocycles. The van der Waals surface area contributed by atoms with Crippen LogP contribution in [0.1, 0.15) is 53.1 Å². The second-order valence-electron chi connectivity index (χ2n) is 6.13. The topological polar surface area (TPSA) is 70.5 Å². The van der Waals surface area contributed by atoms with Crippen LogP contribution in [0, 0.1) is 0 Å². The van der Waals surface area contributed by atoms with Crippen molar-refractivity contribution < 1.29 is 14.7 Å². The summed E-state index contributed by atoms with van der Waals surface area (Å²) in [5, 5.41) is 9.09. The highest BCUT2D eigenvalue weighted by molar-refractivity contribution is 6.08. The van der Waals surface area contributed by atoms with Gasteiger partial charge in [-0.25, -0.2) is 9.78 Å². The fourth-order valence-corrected chi connectivity index (χ4v) is 3.50. The molecule has 0 atom stereocenters. The first-order valence-electron chi connectivity index (χ1n) is 8.13. The minimum Gasteiger partial charge on any atom is -0.477 e. The van der Waals surface area contributed by atoms with Gasteiger partial charge >= 0.3 is 5.97 Å². The Balaban J connectivity index is 2.03. The number of anilines is 1. The summed E-state index contributed by atoms with van der Waals surface area (Å²) in [7, 11) is 0. The number of carboxylic acids is 1. The van der Waals surface area contributed by atoms with Gasteiger partial charge in [-0.3, -0.25) is 4.79 Å². The van der Waals surface area contributed by atoms with Crippen LogP contribution in [0.2, 0.25) is 0 Å². The third kappa shape index (κ3) is 2.46. The van der Waals surface area contributed by atoms with Crippen LogP contribution >= 0.6 is 0 Å². The number of fused-ring (bicyclic) bond motifs is 1. The Morgan fingerprint density at radius 2 is 1.92 bits per heavy atom. The molecule has 1 amide bonds. The standard InChI is InChI=1S/C19H20N2O3/c1-3-19(4-2)12-21(16-8-6-5-7-14(16)19)17(22)13-9-10-20-15(11-13)18(23)24/h5-11H,3-4,12H2,1-2H3,(H,23,24). The predicted molar refractivity (Wildman–Crippen MR) is 91.6 cm³/mol. The zero-order valence-corrected chi connectivity index (χ0v) is 13.8. The zero-order chi connectivity index (χ0) is 17.3. The van der Waals surface area contributed by atoms with Crippen LogP contribution in [-0.4, -0.2) is 28.5 Å². The van der Waals surface area contributed by atoms with Crippen LogP contribution in [0.15, 0.2) is 42.6 Å². The van der Waals surface area contributed by atoms with Crippen molar-refractivity contribution in [2.45, 2.75) is 32.1 Å². The summed E-state index contributed by atoms with van der Waals surface area (Å²) in [5.74, 6) is -1.32. The average Bonchev–Trinajstić information content (AvgIpc) is 2.96. The molecular formula is C19H20N2O3. The van der Waals surface area contributed by atoms with E-state index in [-0.39, 0.29) is 17.0 Å². The van der Waals surface area contributed by atoms with Gasteiger partial charge in [-0.1, -0.05) is 32.0 Å². The van der Waals surface area contributed by atoms with Gasteiger partial charge in [-0.15, -0.1) is 0 Å². The number of aromatic carboxylic acids is 1.